The van der Waals surface area contributed by atoms with E-state index in [0.717, 1.165) is 9.13 Å². The van der Waals surface area contributed by atoms with Gasteiger partial charge in [0.25, 0.3) is 5.91 Å². The van der Waals surface area contributed by atoms with Crippen LogP contribution in [-0.4, -0.2) is 51.1 Å². The first-order valence-electron chi connectivity index (χ1n) is 14.6. The third-order valence-electron chi connectivity index (χ3n) is 6.71. The van der Waals surface area contributed by atoms with E-state index in [2.05, 4.69) is 43.8 Å². The van der Waals surface area contributed by atoms with E-state index in [1.165, 1.54) is 13.3 Å². The maximum absolute atomic E-state index is 12.6. The molecule has 248 valence electrons. The quantitative estimate of drug-likeness (QED) is 0.0825. The zero-order valence-electron chi connectivity index (χ0n) is 26.1. The van der Waals surface area contributed by atoms with Gasteiger partial charge in [-0.15, -0.1) is 0 Å². The Labute approximate surface area is 290 Å². The molecular formula is C33H34ClIN4O8. The second-order valence-electron chi connectivity index (χ2n) is 9.93. The van der Waals surface area contributed by atoms with Crippen LogP contribution in [0.3, 0.4) is 0 Å². The highest BCUT2D eigenvalue weighted by molar-refractivity contribution is 14.1. The maximum atomic E-state index is 12.6. The van der Waals surface area contributed by atoms with Crippen molar-refractivity contribution in [3.8, 4) is 23.0 Å². The average Bonchev–Trinajstić information content (AvgIpc) is 3.04. The first-order chi connectivity index (χ1) is 22.6. The first-order valence-corrected chi connectivity index (χ1v) is 16.0. The molecule has 12 nitrogen and oxygen atoms in total. The molecule has 0 aliphatic carbocycles. The van der Waals surface area contributed by atoms with E-state index < -0.39 is 23.9 Å². The largest absolute Gasteiger partial charge is 0.493 e. The van der Waals surface area contributed by atoms with Gasteiger partial charge in [-0.2, -0.15) is 5.10 Å². The highest BCUT2D eigenvalue weighted by Crippen LogP contribution is 2.36. The van der Waals surface area contributed by atoms with Gasteiger partial charge in [0.15, 0.2) is 29.6 Å². The number of carbonyl (C=O) groups excluding carboxylic acids is 3. The van der Waals surface area contributed by atoms with Crippen molar-refractivity contribution in [1.29, 1.82) is 0 Å². The fourth-order valence-electron chi connectivity index (χ4n) is 4.59. The monoisotopic (exact) mass is 776 g/mol. The van der Waals surface area contributed by atoms with Gasteiger partial charge in [0.05, 0.1) is 41.7 Å². The van der Waals surface area contributed by atoms with Crippen LogP contribution in [0.25, 0.3) is 0 Å². The third-order valence-corrected chi connectivity index (χ3v) is 7.88. The molecule has 0 saturated carbocycles. The summed E-state index contributed by atoms with van der Waals surface area (Å²) < 4.78 is 29.0. The number of amides is 3. The number of esters is 1. The van der Waals surface area contributed by atoms with Crippen LogP contribution >= 0.6 is 34.2 Å². The van der Waals surface area contributed by atoms with Crippen molar-refractivity contribution in [3.63, 3.8) is 0 Å². The van der Waals surface area contributed by atoms with E-state index in [9.17, 15) is 14.4 Å². The van der Waals surface area contributed by atoms with Crippen LogP contribution in [0.2, 0.25) is 5.02 Å². The molecule has 3 aromatic carbocycles. The highest BCUT2D eigenvalue weighted by atomic mass is 127. The SMILES string of the molecule is CCOC(=O)C1=C(C)NC(=O)N[C@@H]1c1ccc(OCC(=O)N/N=C/c2cc(I)c(OCc3ccccc3Cl)c(OCC)c2)c(OC)c1. The van der Waals surface area contributed by atoms with E-state index in [-0.39, 0.29) is 31.1 Å². The predicted molar refractivity (Wildman–Crippen MR) is 184 cm³/mol. The van der Waals surface area contributed by atoms with E-state index in [1.807, 2.05) is 31.2 Å². The molecule has 3 N–H and O–H groups in total. The number of methoxy groups -OCH3 is 1. The Balaban J connectivity index is 1.39. The standard InChI is InChI=1S/C33H34ClIN4O8/c1-5-44-27-14-20(13-24(35)31(27)47-17-22-9-7-8-10-23(22)34)16-36-39-28(40)18-46-25-12-11-21(15-26(25)43-4)30-29(32(41)45-6-2)19(3)37-33(42)38-30/h7-16,30H,5-6,17-18H2,1-4H3,(H,39,40)(H2,37,38,42)/b36-16+/t30-/m1/s1. The maximum Gasteiger partial charge on any atom is 0.338 e. The van der Waals surface area contributed by atoms with Crippen molar-refractivity contribution >= 4 is 58.3 Å². The Kier molecular flexibility index (Phi) is 12.7. The predicted octanol–water partition coefficient (Wildman–Crippen LogP) is 5.65. The van der Waals surface area contributed by atoms with Gasteiger partial charge >= 0.3 is 12.0 Å². The summed E-state index contributed by atoms with van der Waals surface area (Å²) in [6.07, 6.45) is 1.49. The van der Waals surface area contributed by atoms with Gasteiger partial charge < -0.3 is 34.3 Å². The summed E-state index contributed by atoms with van der Waals surface area (Å²) in [7, 11) is 1.44. The number of hydrazone groups is 1. The highest BCUT2D eigenvalue weighted by Gasteiger charge is 2.32. The van der Waals surface area contributed by atoms with Crippen molar-refractivity contribution in [1.82, 2.24) is 16.1 Å². The molecule has 1 aliphatic rings. The first kappa shape index (κ1) is 35.4. The molecule has 1 atom stereocenters. The second kappa shape index (κ2) is 16.9. The van der Waals surface area contributed by atoms with Crippen LogP contribution < -0.4 is 35.0 Å². The lowest BCUT2D eigenvalue weighted by Gasteiger charge is -2.28. The number of hydrogen-bond acceptors (Lipinski definition) is 9. The zero-order valence-corrected chi connectivity index (χ0v) is 29.1. The number of ether oxygens (including phenoxy) is 5. The van der Waals surface area contributed by atoms with Crippen molar-refractivity contribution in [2.75, 3.05) is 26.9 Å². The summed E-state index contributed by atoms with van der Waals surface area (Å²) in [6, 6.07) is 14.7. The van der Waals surface area contributed by atoms with Crippen molar-refractivity contribution in [2.24, 2.45) is 5.10 Å². The number of rotatable bonds is 14. The molecule has 1 heterocycles. The smallest absolute Gasteiger partial charge is 0.338 e. The van der Waals surface area contributed by atoms with Crippen molar-refractivity contribution < 1.29 is 38.1 Å². The van der Waals surface area contributed by atoms with E-state index in [0.29, 0.717) is 45.7 Å². The Morgan fingerprint density at radius 3 is 2.53 bits per heavy atom. The minimum atomic E-state index is -0.780. The molecule has 0 aromatic heterocycles. The van der Waals surface area contributed by atoms with Gasteiger partial charge in [-0.1, -0.05) is 35.9 Å². The van der Waals surface area contributed by atoms with Gasteiger partial charge in [0.2, 0.25) is 0 Å². The minimum absolute atomic E-state index is 0.179. The number of halogens is 2. The molecular weight excluding hydrogens is 743 g/mol. The summed E-state index contributed by atoms with van der Waals surface area (Å²) in [5.74, 6) is 0.607. The van der Waals surface area contributed by atoms with Gasteiger partial charge in [0, 0.05) is 16.3 Å². The third kappa shape index (κ3) is 9.29. The number of urea groups is 1. The van der Waals surface area contributed by atoms with Gasteiger partial charge in [-0.3, -0.25) is 4.79 Å². The van der Waals surface area contributed by atoms with Gasteiger partial charge in [-0.25, -0.2) is 15.0 Å². The number of benzene rings is 3. The van der Waals surface area contributed by atoms with Crippen LogP contribution in [0, 0.1) is 3.57 Å². The Hall–Kier alpha value is -4.50. The normalized spacial score (nSPS) is 14.3. The molecule has 0 spiro atoms. The molecule has 0 saturated heterocycles. The molecule has 1 aliphatic heterocycles. The summed E-state index contributed by atoms with van der Waals surface area (Å²) >= 11 is 8.42. The van der Waals surface area contributed by atoms with E-state index in [1.54, 1.807) is 44.2 Å². The topological polar surface area (TPSA) is 146 Å². The van der Waals surface area contributed by atoms with Crippen molar-refractivity contribution in [2.45, 2.75) is 33.4 Å². The molecule has 0 fully saturated rings. The average molecular weight is 777 g/mol. The molecule has 47 heavy (non-hydrogen) atoms. The van der Waals surface area contributed by atoms with Crippen molar-refractivity contribution in [3.05, 3.63) is 91.2 Å². The number of nitrogens with zero attached hydrogens (tertiary/aromatic N) is 1. The molecule has 4 rings (SSSR count). The van der Waals surface area contributed by atoms with Crippen LogP contribution in [-0.2, 0) is 20.9 Å². The summed E-state index contributed by atoms with van der Waals surface area (Å²) in [5, 5.41) is 10.0. The second-order valence-corrected chi connectivity index (χ2v) is 11.5. The van der Waals surface area contributed by atoms with Crippen LogP contribution in [0.1, 0.15) is 43.5 Å². The molecule has 0 radical (unpaired) electrons. The number of hydrogen-bond donors (Lipinski definition) is 3. The molecule has 0 unspecified atom stereocenters. The van der Waals surface area contributed by atoms with E-state index >= 15 is 0 Å². The summed E-state index contributed by atoms with van der Waals surface area (Å²) in [5.41, 5.74) is 5.18. The zero-order chi connectivity index (χ0) is 33.9. The van der Waals surface area contributed by atoms with Gasteiger partial charge in [-0.05, 0) is 84.8 Å². The lowest BCUT2D eigenvalue weighted by molar-refractivity contribution is -0.139. The van der Waals surface area contributed by atoms with Crippen LogP contribution in [0.5, 0.6) is 23.0 Å². The summed E-state index contributed by atoms with van der Waals surface area (Å²) in [4.78, 5) is 37.4. The lowest BCUT2D eigenvalue weighted by Crippen LogP contribution is -2.45. The Morgan fingerprint density at radius 2 is 1.81 bits per heavy atom. The van der Waals surface area contributed by atoms with E-state index in [4.69, 9.17) is 35.3 Å². The number of allylic oxidation sites excluding steroid dienone is 1. The molecule has 3 aromatic rings. The molecule has 14 heteroatoms. The molecule has 3 amide bonds. The number of nitrogens with one attached hydrogen (secondary N) is 3. The lowest BCUT2D eigenvalue weighted by atomic mass is 9.95. The molecule has 0 bridgehead atoms. The fraction of sp³-hybridized carbons (Fsp3) is 0.273. The summed E-state index contributed by atoms with van der Waals surface area (Å²) in [6.45, 7) is 5.71. The fourth-order valence-corrected chi connectivity index (χ4v) is 5.56. The minimum Gasteiger partial charge on any atom is -0.493 e. The van der Waals surface area contributed by atoms with Gasteiger partial charge in [0.1, 0.15) is 6.61 Å². The van der Waals surface area contributed by atoms with Crippen LogP contribution in [0.15, 0.2) is 71.0 Å². The Bertz CT molecular complexity index is 1700. The Morgan fingerprint density at radius 1 is 1.02 bits per heavy atom. The number of carbonyl (C=O) groups is 3. The van der Waals surface area contributed by atoms with Crippen LogP contribution in [0.4, 0.5) is 4.79 Å².